The zero-order valence-corrected chi connectivity index (χ0v) is 18.0. The van der Waals surface area contributed by atoms with Crippen LogP contribution in [0.3, 0.4) is 0 Å². The first kappa shape index (κ1) is 19.0. The number of nitrogens with two attached hydrogens (primary N) is 1. The van der Waals surface area contributed by atoms with E-state index in [1.165, 1.54) is 28.7 Å². The van der Waals surface area contributed by atoms with E-state index in [1.807, 2.05) is 19.9 Å². The van der Waals surface area contributed by atoms with Crippen molar-refractivity contribution in [3.63, 3.8) is 0 Å². The lowest BCUT2D eigenvalue weighted by Gasteiger charge is -2.34. The lowest BCUT2D eigenvalue weighted by atomic mass is 9.87. The van der Waals surface area contributed by atoms with Gasteiger partial charge >= 0.3 is 0 Å². The fourth-order valence-corrected chi connectivity index (χ4v) is 5.44. The van der Waals surface area contributed by atoms with Gasteiger partial charge in [-0.3, -0.25) is 9.36 Å². The largest absolute Gasteiger partial charge is 0.396 e. The molecule has 0 radical (unpaired) electrons. The first-order chi connectivity index (χ1) is 13.3. The average molecular weight is 414 g/mol. The van der Waals surface area contributed by atoms with Gasteiger partial charge in [0.2, 0.25) is 5.91 Å². The van der Waals surface area contributed by atoms with Crippen molar-refractivity contribution in [2.75, 3.05) is 16.8 Å². The monoisotopic (exact) mass is 413 g/mol. The highest BCUT2D eigenvalue weighted by atomic mass is 32.2. The molecule has 0 atom stereocenters. The second-order valence-corrected chi connectivity index (χ2v) is 9.82. The number of thioether (sulfide) groups is 1. The highest BCUT2D eigenvalue weighted by molar-refractivity contribution is 7.99. The van der Waals surface area contributed by atoms with E-state index in [-0.39, 0.29) is 17.2 Å². The number of hydrogen-bond donors (Lipinski definition) is 2. The van der Waals surface area contributed by atoms with Crippen LogP contribution in [0.1, 0.15) is 29.9 Å². The minimum atomic E-state index is -0.154. The summed E-state index contributed by atoms with van der Waals surface area (Å²) >= 11 is 2.91. The molecule has 4 rings (SSSR count). The van der Waals surface area contributed by atoms with Gasteiger partial charge < -0.3 is 11.1 Å². The van der Waals surface area contributed by atoms with E-state index >= 15 is 0 Å². The number of anilines is 2. The van der Waals surface area contributed by atoms with Crippen LogP contribution in [0.25, 0.3) is 11.4 Å². The first-order valence-electron chi connectivity index (χ1n) is 9.10. The summed E-state index contributed by atoms with van der Waals surface area (Å²) in [5.74, 6) is 1.03. The summed E-state index contributed by atoms with van der Waals surface area (Å²) in [6, 6.07) is 8.30. The molecule has 1 aliphatic rings. The summed E-state index contributed by atoms with van der Waals surface area (Å²) < 4.78 is 2.15. The quantitative estimate of drug-likeness (QED) is 0.625. The second-order valence-electron chi connectivity index (χ2n) is 7.65. The number of carbonyl (C=O) groups excluding carboxylic acids is 1. The lowest BCUT2D eigenvalue weighted by molar-refractivity contribution is -0.113. The summed E-state index contributed by atoms with van der Waals surface area (Å²) in [5.41, 5.74) is 9.99. The van der Waals surface area contributed by atoms with Gasteiger partial charge in [-0.1, -0.05) is 36.0 Å². The van der Waals surface area contributed by atoms with Gasteiger partial charge in [-0.2, -0.15) is 0 Å². The maximum absolute atomic E-state index is 12.5. The van der Waals surface area contributed by atoms with Crippen molar-refractivity contribution in [2.45, 2.75) is 44.8 Å². The van der Waals surface area contributed by atoms with Gasteiger partial charge in [0, 0.05) is 16.0 Å². The molecule has 2 aromatic heterocycles. The summed E-state index contributed by atoms with van der Waals surface area (Å²) in [6.07, 6.45) is 0.901. The highest BCUT2D eigenvalue weighted by Gasteiger charge is 2.34. The molecule has 0 fully saturated rings. The van der Waals surface area contributed by atoms with Crippen LogP contribution >= 0.6 is 23.1 Å². The number of carbonyl (C=O) groups is 1. The van der Waals surface area contributed by atoms with Crippen LogP contribution < -0.4 is 11.1 Å². The molecule has 6 nitrogen and oxygen atoms in total. The van der Waals surface area contributed by atoms with E-state index in [1.54, 1.807) is 0 Å². The molecule has 146 valence electrons. The molecule has 3 heterocycles. The Morgan fingerprint density at radius 2 is 2.07 bits per heavy atom. The van der Waals surface area contributed by atoms with E-state index in [0.29, 0.717) is 5.69 Å². The number of thiophene rings is 1. The van der Waals surface area contributed by atoms with Crippen molar-refractivity contribution >= 4 is 39.7 Å². The number of aryl methyl sites for hydroxylation is 1. The molecule has 1 amide bonds. The van der Waals surface area contributed by atoms with Crippen molar-refractivity contribution in [1.82, 2.24) is 14.8 Å². The zero-order chi connectivity index (χ0) is 20.1. The summed E-state index contributed by atoms with van der Waals surface area (Å²) in [7, 11) is 0. The first-order valence-corrected chi connectivity index (χ1v) is 10.9. The van der Waals surface area contributed by atoms with Gasteiger partial charge in [-0.05, 0) is 45.2 Å². The topological polar surface area (TPSA) is 85.8 Å². The Kier molecular flexibility index (Phi) is 4.71. The second kappa shape index (κ2) is 6.93. The fourth-order valence-electron chi connectivity index (χ4n) is 3.55. The van der Waals surface area contributed by atoms with E-state index in [0.717, 1.165) is 38.4 Å². The molecule has 0 saturated heterocycles. The van der Waals surface area contributed by atoms with Crippen LogP contribution in [0.2, 0.25) is 0 Å². The van der Waals surface area contributed by atoms with Crippen LogP contribution in [-0.2, 0) is 16.8 Å². The number of fused-ring (bicyclic) bond motifs is 3. The molecule has 0 unspecified atom stereocenters. The molecule has 3 N–H and O–H groups in total. The van der Waals surface area contributed by atoms with Gasteiger partial charge in [-0.25, -0.2) is 0 Å². The predicted octanol–water partition coefficient (Wildman–Crippen LogP) is 4.23. The molecule has 3 aromatic rings. The Balaban J connectivity index is 1.54. The number of aromatic nitrogens is 3. The minimum absolute atomic E-state index is 0.0932. The maximum atomic E-state index is 12.5. The summed E-state index contributed by atoms with van der Waals surface area (Å²) in [6.45, 7) is 8.33. The van der Waals surface area contributed by atoms with Crippen molar-refractivity contribution in [2.24, 2.45) is 0 Å². The standard InChI is InChI=1S/C20H23N5OS2/c1-11-12(2)28-18(16(11)21)22-15(26)10-27-19-24-23-17-14-8-6-5-7-13(14)9-20(3,4)25(17)19/h5-8H,9-10,21H2,1-4H3,(H,22,26). The molecular weight excluding hydrogens is 390 g/mol. The summed E-state index contributed by atoms with van der Waals surface area (Å²) in [5, 5.41) is 13.2. The number of hydrogen-bond acceptors (Lipinski definition) is 6. The number of amides is 1. The lowest BCUT2D eigenvalue weighted by Crippen LogP contribution is -2.33. The Labute approximate surface area is 172 Å². The Bertz CT molecular complexity index is 1070. The van der Waals surface area contributed by atoms with Crippen molar-refractivity contribution in [3.8, 4) is 11.4 Å². The Morgan fingerprint density at radius 1 is 1.32 bits per heavy atom. The molecule has 1 aliphatic heterocycles. The van der Waals surface area contributed by atoms with Gasteiger partial charge in [0.1, 0.15) is 5.00 Å². The van der Waals surface area contributed by atoms with Crippen LogP contribution in [0.15, 0.2) is 29.4 Å². The van der Waals surface area contributed by atoms with Crippen molar-refractivity contribution < 1.29 is 4.79 Å². The highest BCUT2D eigenvalue weighted by Crippen LogP contribution is 2.40. The molecule has 28 heavy (non-hydrogen) atoms. The third-order valence-electron chi connectivity index (χ3n) is 5.14. The van der Waals surface area contributed by atoms with E-state index in [2.05, 4.69) is 52.1 Å². The van der Waals surface area contributed by atoms with Crippen LogP contribution in [0.4, 0.5) is 10.7 Å². The van der Waals surface area contributed by atoms with Crippen LogP contribution in [-0.4, -0.2) is 26.4 Å². The van der Waals surface area contributed by atoms with Gasteiger partial charge in [-0.15, -0.1) is 21.5 Å². The number of nitrogens with zero attached hydrogens (tertiary/aromatic N) is 3. The molecule has 0 spiro atoms. The number of benzene rings is 1. The van der Waals surface area contributed by atoms with Gasteiger partial charge in [0.25, 0.3) is 0 Å². The fraction of sp³-hybridized carbons (Fsp3) is 0.350. The zero-order valence-electron chi connectivity index (χ0n) is 16.4. The van der Waals surface area contributed by atoms with E-state index < -0.39 is 0 Å². The Hall–Kier alpha value is -2.32. The average Bonchev–Trinajstić information content (AvgIpc) is 3.18. The smallest absolute Gasteiger partial charge is 0.235 e. The van der Waals surface area contributed by atoms with E-state index in [9.17, 15) is 4.79 Å². The van der Waals surface area contributed by atoms with Crippen molar-refractivity contribution in [1.29, 1.82) is 0 Å². The summed E-state index contributed by atoms with van der Waals surface area (Å²) in [4.78, 5) is 13.6. The molecule has 0 aliphatic carbocycles. The molecule has 0 bridgehead atoms. The van der Waals surface area contributed by atoms with Crippen LogP contribution in [0, 0.1) is 13.8 Å². The van der Waals surface area contributed by atoms with Gasteiger partial charge in [0.05, 0.1) is 11.4 Å². The van der Waals surface area contributed by atoms with Crippen LogP contribution in [0.5, 0.6) is 0 Å². The number of nitrogens with one attached hydrogen (secondary N) is 1. The normalized spacial score (nSPS) is 14.4. The molecular formula is C20H23N5OS2. The molecule has 0 saturated carbocycles. The Morgan fingerprint density at radius 3 is 2.79 bits per heavy atom. The van der Waals surface area contributed by atoms with E-state index in [4.69, 9.17) is 5.73 Å². The van der Waals surface area contributed by atoms with Crippen molar-refractivity contribution in [3.05, 3.63) is 40.3 Å². The maximum Gasteiger partial charge on any atom is 0.235 e. The third kappa shape index (κ3) is 3.20. The number of nitrogen functional groups attached to an aromatic ring is 1. The molecule has 8 heteroatoms. The minimum Gasteiger partial charge on any atom is -0.396 e. The number of rotatable bonds is 4. The third-order valence-corrected chi connectivity index (χ3v) is 7.20. The SMILES string of the molecule is Cc1sc(NC(=O)CSc2nnc3n2C(C)(C)Cc2ccccc2-3)c(N)c1C. The molecule has 1 aromatic carbocycles. The predicted molar refractivity (Wildman–Crippen MR) is 116 cm³/mol. The van der Waals surface area contributed by atoms with Gasteiger partial charge in [0.15, 0.2) is 11.0 Å².